The summed E-state index contributed by atoms with van der Waals surface area (Å²) in [5.74, 6) is 0. The summed E-state index contributed by atoms with van der Waals surface area (Å²) in [5, 5.41) is 2.52. The van der Waals surface area contributed by atoms with E-state index >= 15 is 0 Å². The van der Waals surface area contributed by atoms with Crippen LogP contribution in [0.5, 0.6) is 0 Å². The van der Waals surface area contributed by atoms with Crippen LogP contribution in [-0.4, -0.2) is 23.6 Å². The fourth-order valence-electron chi connectivity index (χ4n) is 1.24. The maximum Gasteiger partial charge on any atom is 0.407 e. The van der Waals surface area contributed by atoms with Crippen molar-refractivity contribution in [3.05, 3.63) is 12.7 Å². The number of halogens is 1. The van der Waals surface area contributed by atoms with E-state index in [4.69, 9.17) is 16.3 Å². The Bertz CT molecular complexity index is 193. The number of hydrogen-bond donors (Lipinski definition) is 1. The molecule has 0 saturated carbocycles. The lowest BCUT2D eigenvalue weighted by Gasteiger charge is -2.16. The predicted molar refractivity (Wildman–Crippen MR) is 47.3 cm³/mol. The molecular formula is C8H12ClNO2. The maximum absolute atomic E-state index is 10.8. The van der Waals surface area contributed by atoms with Crippen molar-refractivity contribution in [2.24, 2.45) is 0 Å². The topological polar surface area (TPSA) is 38.3 Å². The molecule has 3 nitrogen and oxygen atoms in total. The van der Waals surface area contributed by atoms with E-state index in [1.165, 1.54) is 0 Å². The summed E-state index contributed by atoms with van der Waals surface area (Å²) in [6.07, 6.45) is 1.80. The van der Waals surface area contributed by atoms with Gasteiger partial charge in [-0.1, -0.05) is 6.08 Å². The third-order valence-electron chi connectivity index (χ3n) is 1.84. The van der Waals surface area contributed by atoms with Crippen LogP contribution in [0.4, 0.5) is 4.79 Å². The normalized spacial score (nSPS) is 30.7. The summed E-state index contributed by atoms with van der Waals surface area (Å²) >= 11 is 5.85. The average molecular weight is 190 g/mol. The van der Waals surface area contributed by atoms with Crippen LogP contribution in [-0.2, 0) is 4.74 Å². The highest BCUT2D eigenvalue weighted by atomic mass is 35.5. The lowest BCUT2D eigenvalue weighted by atomic mass is 10.1. The van der Waals surface area contributed by atoms with Crippen molar-refractivity contribution in [2.45, 2.75) is 30.9 Å². The van der Waals surface area contributed by atoms with Gasteiger partial charge in [-0.15, -0.1) is 18.2 Å². The minimum Gasteiger partial charge on any atom is -0.444 e. The zero-order valence-corrected chi connectivity index (χ0v) is 7.67. The third-order valence-corrected chi connectivity index (χ3v) is 2.11. The molecule has 1 amide bonds. The molecule has 1 aliphatic heterocycles. The summed E-state index contributed by atoms with van der Waals surface area (Å²) in [6, 6.07) is -0.0998. The second-order valence-electron chi connectivity index (χ2n) is 2.82. The van der Waals surface area contributed by atoms with Crippen molar-refractivity contribution in [3.8, 4) is 0 Å². The number of alkyl halides is 1. The lowest BCUT2D eigenvalue weighted by molar-refractivity contribution is 0.133. The highest BCUT2D eigenvalue weighted by molar-refractivity contribution is 6.21. The van der Waals surface area contributed by atoms with Crippen LogP contribution in [0.3, 0.4) is 0 Å². The van der Waals surface area contributed by atoms with E-state index in [0.29, 0.717) is 6.42 Å². The second kappa shape index (κ2) is 3.81. The van der Waals surface area contributed by atoms with Crippen molar-refractivity contribution >= 4 is 17.7 Å². The van der Waals surface area contributed by atoms with Crippen LogP contribution in [0.2, 0.25) is 0 Å². The molecule has 1 aliphatic rings. The number of alkyl carbamates (subject to hydrolysis) is 1. The predicted octanol–water partition coefficient (Wildman–Crippen LogP) is 1.67. The molecule has 0 aromatic heterocycles. The van der Waals surface area contributed by atoms with Gasteiger partial charge >= 0.3 is 6.09 Å². The van der Waals surface area contributed by atoms with E-state index in [9.17, 15) is 4.79 Å². The van der Waals surface area contributed by atoms with Gasteiger partial charge in [-0.2, -0.15) is 0 Å². The van der Waals surface area contributed by atoms with E-state index in [-0.39, 0.29) is 23.6 Å². The average Bonchev–Trinajstić information content (AvgIpc) is 2.32. The van der Waals surface area contributed by atoms with Gasteiger partial charge in [-0.3, -0.25) is 0 Å². The summed E-state index contributed by atoms with van der Waals surface area (Å²) in [7, 11) is 0. The molecule has 1 unspecified atom stereocenters. The van der Waals surface area contributed by atoms with Crippen LogP contribution in [0.25, 0.3) is 0 Å². The first kappa shape index (κ1) is 9.39. The highest BCUT2D eigenvalue weighted by Gasteiger charge is 2.35. The number of ether oxygens (including phenoxy) is 1. The molecule has 3 atom stereocenters. The largest absolute Gasteiger partial charge is 0.444 e. The Labute approximate surface area is 76.7 Å². The molecule has 4 heteroatoms. The van der Waals surface area contributed by atoms with Gasteiger partial charge in [0, 0.05) is 6.42 Å². The molecule has 0 aromatic carbocycles. The molecule has 1 N–H and O–H groups in total. The molecule has 1 fully saturated rings. The van der Waals surface area contributed by atoms with Crippen molar-refractivity contribution in [3.63, 3.8) is 0 Å². The quantitative estimate of drug-likeness (QED) is 0.542. The molecule has 0 aromatic rings. The van der Waals surface area contributed by atoms with Gasteiger partial charge in [0.1, 0.15) is 6.10 Å². The highest BCUT2D eigenvalue weighted by Crippen LogP contribution is 2.18. The molecule has 0 aliphatic carbocycles. The molecule has 12 heavy (non-hydrogen) atoms. The van der Waals surface area contributed by atoms with E-state index in [2.05, 4.69) is 11.9 Å². The molecule has 1 rings (SSSR count). The maximum atomic E-state index is 10.8. The van der Waals surface area contributed by atoms with Crippen LogP contribution in [0.15, 0.2) is 12.7 Å². The fourth-order valence-corrected chi connectivity index (χ4v) is 1.47. The van der Waals surface area contributed by atoms with Gasteiger partial charge in [0.15, 0.2) is 0 Å². The van der Waals surface area contributed by atoms with Gasteiger partial charge < -0.3 is 10.1 Å². The number of amides is 1. The zero-order valence-electron chi connectivity index (χ0n) is 6.92. The van der Waals surface area contributed by atoms with Gasteiger partial charge in [0.25, 0.3) is 0 Å². The van der Waals surface area contributed by atoms with Crippen molar-refractivity contribution in [1.82, 2.24) is 5.32 Å². The van der Waals surface area contributed by atoms with Crippen molar-refractivity contribution in [1.29, 1.82) is 0 Å². The molecule has 68 valence electrons. The first-order chi connectivity index (χ1) is 5.65. The minimum absolute atomic E-state index is 0.0998. The van der Waals surface area contributed by atoms with Gasteiger partial charge in [-0.25, -0.2) is 4.79 Å². The molecular weight excluding hydrogens is 178 g/mol. The number of nitrogens with one attached hydrogen (secondary N) is 1. The van der Waals surface area contributed by atoms with Gasteiger partial charge in [0.2, 0.25) is 0 Å². The van der Waals surface area contributed by atoms with Crippen LogP contribution >= 0.6 is 11.6 Å². The summed E-state index contributed by atoms with van der Waals surface area (Å²) < 4.78 is 4.97. The number of cyclic esters (lactones) is 1. The SMILES string of the molecule is C=CC[C@H]1OC(=O)N[C@@H]1C(C)Cl. The Morgan fingerprint density at radius 1 is 1.92 bits per heavy atom. The van der Waals surface area contributed by atoms with Crippen molar-refractivity contribution < 1.29 is 9.53 Å². The van der Waals surface area contributed by atoms with Crippen LogP contribution in [0, 0.1) is 0 Å². The number of hydrogen-bond acceptors (Lipinski definition) is 2. The summed E-state index contributed by atoms with van der Waals surface area (Å²) in [4.78, 5) is 10.8. The summed E-state index contributed by atoms with van der Waals surface area (Å²) in [5.41, 5.74) is 0. The van der Waals surface area contributed by atoms with Crippen molar-refractivity contribution in [2.75, 3.05) is 0 Å². The van der Waals surface area contributed by atoms with E-state index in [1.54, 1.807) is 6.08 Å². The van der Waals surface area contributed by atoms with E-state index in [1.807, 2.05) is 6.92 Å². The number of rotatable bonds is 3. The Balaban J connectivity index is 2.58. The minimum atomic E-state index is -0.389. The van der Waals surface area contributed by atoms with Crippen LogP contribution < -0.4 is 5.32 Å². The van der Waals surface area contributed by atoms with E-state index < -0.39 is 0 Å². The first-order valence-electron chi connectivity index (χ1n) is 3.87. The Morgan fingerprint density at radius 3 is 3.08 bits per heavy atom. The van der Waals surface area contributed by atoms with Crippen LogP contribution in [0.1, 0.15) is 13.3 Å². The second-order valence-corrected chi connectivity index (χ2v) is 3.50. The van der Waals surface area contributed by atoms with Gasteiger partial charge in [-0.05, 0) is 6.92 Å². The Morgan fingerprint density at radius 2 is 2.58 bits per heavy atom. The van der Waals surface area contributed by atoms with E-state index in [0.717, 1.165) is 0 Å². The lowest BCUT2D eigenvalue weighted by Crippen LogP contribution is -2.38. The molecule has 0 spiro atoms. The number of carbonyl (C=O) groups is 1. The monoisotopic (exact) mass is 189 g/mol. The number of carbonyl (C=O) groups excluding carboxylic acids is 1. The fraction of sp³-hybridized carbons (Fsp3) is 0.625. The zero-order chi connectivity index (χ0) is 9.14. The summed E-state index contributed by atoms with van der Waals surface area (Å²) in [6.45, 7) is 5.41. The third kappa shape index (κ3) is 1.91. The molecule has 0 bridgehead atoms. The molecule has 1 heterocycles. The molecule has 1 saturated heterocycles. The smallest absolute Gasteiger partial charge is 0.407 e. The standard InChI is InChI=1S/C8H12ClNO2/c1-3-4-6-7(5(2)9)10-8(11)12-6/h3,5-7H,1,4H2,2H3,(H,10,11)/t5?,6-,7-/m1/s1. The molecule has 0 radical (unpaired) electrons. The Hall–Kier alpha value is -0.700. The Kier molecular flexibility index (Phi) is 2.98. The van der Waals surface area contributed by atoms with Gasteiger partial charge in [0.05, 0.1) is 11.4 Å². The first-order valence-corrected chi connectivity index (χ1v) is 4.31.